The Labute approximate surface area is 112 Å². The molecule has 1 atom stereocenters. The largest absolute Gasteiger partial charge is 0.305 e. The number of nitrogens with one attached hydrogen (secondary N) is 1. The monoisotopic (exact) mass is 258 g/mol. The fourth-order valence-corrected chi connectivity index (χ4v) is 3.18. The van der Waals surface area contributed by atoms with Gasteiger partial charge < -0.3 is 5.32 Å². The van der Waals surface area contributed by atoms with E-state index >= 15 is 0 Å². The highest BCUT2D eigenvalue weighted by Crippen LogP contribution is 2.43. The second-order valence-corrected chi connectivity index (χ2v) is 5.69. The van der Waals surface area contributed by atoms with Crippen molar-refractivity contribution in [3.63, 3.8) is 0 Å². The number of aromatic nitrogens is 1. The van der Waals surface area contributed by atoms with Crippen LogP contribution in [-0.4, -0.2) is 11.5 Å². The molecule has 18 heavy (non-hydrogen) atoms. The zero-order chi connectivity index (χ0) is 12.4. The van der Waals surface area contributed by atoms with Crippen molar-refractivity contribution in [1.29, 1.82) is 0 Å². The van der Waals surface area contributed by atoms with Crippen LogP contribution in [0.25, 0.3) is 0 Å². The molecule has 1 aromatic carbocycles. The minimum absolute atomic E-state index is 0.256. The van der Waals surface area contributed by atoms with E-state index in [9.17, 15) is 0 Å². The zero-order valence-electron chi connectivity index (χ0n) is 10.6. The number of hydrogen-bond donors (Lipinski definition) is 1. The molecule has 2 aromatic rings. The third kappa shape index (κ3) is 2.33. The average Bonchev–Trinajstić information content (AvgIpc) is 3.12. The molecule has 1 aliphatic rings. The van der Waals surface area contributed by atoms with Crippen LogP contribution in [0.4, 0.5) is 0 Å². The van der Waals surface area contributed by atoms with Crippen LogP contribution in [0.3, 0.4) is 0 Å². The van der Waals surface area contributed by atoms with Gasteiger partial charge in [-0.3, -0.25) is 0 Å². The van der Waals surface area contributed by atoms with E-state index in [4.69, 9.17) is 0 Å². The molecule has 1 fully saturated rings. The molecule has 0 aliphatic heterocycles. The third-order valence-corrected chi connectivity index (χ3v) is 4.27. The molecule has 1 aromatic heterocycles. The van der Waals surface area contributed by atoms with Crippen LogP contribution in [0.2, 0.25) is 0 Å². The lowest BCUT2D eigenvalue weighted by Gasteiger charge is -2.19. The van der Waals surface area contributed by atoms with Crippen molar-refractivity contribution < 1.29 is 0 Å². The molecule has 0 saturated heterocycles. The minimum Gasteiger partial charge on any atom is -0.305 e. The molecule has 3 rings (SSSR count). The van der Waals surface area contributed by atoms with Crippen LogP contribution in [0.5, 0.6) is 0 Å². The Kier molecular flexibility index (Phi) is 3.43. The Morgan fingerprint density at radius 1 is 1.39 bits per heavy atom. The molecular formula is C15H18N2S. The summed E-state index contributed by atoms with van der Waals surface area (Å²) < 4.78 is 0. The van der Waals surface area contributed by atoms with Gasteiger partial charge in [0.15, 0.2) is 0 Å². The normalized spacial score (nSPS) is 16.7. The smallest absolute Gasteiger partial charge is 0.114 e. The molecular weight excluding hydrogens is 240 g/mol. The molecule has 3 heteroatoms. The summed E-state index contributed by atoms with van der Waals surface area (Å²) in [4.78, 5) is 4.49. The maximum absolute atomic E-state index is 4.49. The standard InChI is InChI=1S/C15H18N2S/c1-2-16-14(15-17-9-10-18-15)13-6-4-3-5-12(13)11-7-8-11/h3-6,9-11,14,16H,2,7-8H2,1H3. The summed E-state index contributed by atoms with van der Waals surface area (Å²) in [6.07, 6.45) is 4.57. The third-order valence-electron chi connectivity index (χ3n) is 3.43. The molecule has 2 nitrogen and oxygen atoms in total. The molecule has 1 aliphatic carbocycles. The molecule has 0 spiro atoms. The summed E-state index contributed by atoms with van der Waals surface area (Å²) in [7, 11) is 0. The van der Waals surface area contributed by atoms with Gasteiger partial charge in [0.1, 0.15) is 5.01 Å². The number of rotatable bonds is 5. The highest BCUT2D eigenvalue weighted by atomic mass is 32.1. The molecule has 1 heterocycles. The van der Waals surface area contributed by atoms with E-state index < -0.39 is 0 Å². The van der Waals surface area contributed by atoms with Gasteiger partial charge in [-0.05, 0) is 36.4 Å². The van der Waals surface area contributed by atoms with Crippen molar-refractivity contribution in [3.05, 3.63) is 52.0 Å². The number of hydrogen-bond acceptors (Lipinski definition) is 3. The Balaban J connectivity index is 1.99. The highest BCUT2D eigenvalue weighted by Gasteiger charge is 2.28. The van der Waals surface area contributed by atoms with E-state index in [2.05, 4.69) is 46.9 Å². The molecule has 1 N–H and O–H groups in total. The van der Waals surface area contributed by atoms with Gasteiger partial charge in [-0.2, -0.15) is 0 Å². The van der Waals surface area contributed by atoms with E-state index in [1.807, 2.05) is 6.20 Å². The maximum atomic E-state index is 4.49. The van der Waals surface area contributed by atoms with Crippen molar-refractivity contribution in [1.82, 2.24) is 10.3 Å². The maximum Gasteiger partial charge on any atom is 0.114 e. The van der Waals surface area contributed by atoms with Crippen molar-refractivity contribution in [2.75, 3.05) is 6.54 Å². The predicted octanol–water partition coefficient (Wildman–Crippen LogP) is 3.72. The topological polar surface area (TPSA) is 24.9 Å². The lowest BCUT2D eigenvalue weighted by atomic mass is 9.97. The molecule has 0 amide bonds. The molecule has 94 valence electrons. The van der Waals surface area contributed by atoms with Crippen LogP contribution >= 0.6 is 11.3 Å². The van der Waals surface area contributed by atoms with Gasteiger partial charge in [0.25, 0.3) is 0 Å². The number of nitrogens with zero attached hydrogens (tertiary/aromatic N) is 1. The zero-order valence-corrected chi connectivity index (χ0v) is 11.4. The fraction of sp³-hybridized carbons (Fsp3) is 0.400. The van der Waals surface area contributed by atoms with E-state index in [1.54, 1.807) is 11.3 Å². The SMILES string of the molecule is CCNC(c1nccs1)c1ccccc1C1CC1. The van der Waals surface area contributed by atoms with Gasteiger partial charge in [0.2, 0.25) is 0 Å². The van der Waals surface area contributed by atoms with Gasteiger partial charge in [-0.1, -0.05) is 31.2 Å². The van der Waals surface area contributed by atoms with Gasteiger partial charge in [-0.15, -0.1) is 11.3 Å². The van der Waals surface area contributed by atoms with Crippen LogP contribution in [-0.2, 0) is 0 Å². The van der Waals surface area contributed by atoms with E-state index in [0.29, 0.717) is 0 Å². The van der Waals surface area contributed by atoms with E-state index in [1.165, 1.54) is 29.0 Å². The second kappa shape index (κ2) is 5.21. The van der Waals surface area contributed by atoms with Crippen molar-refractivity contribution >= 4 is 11.3 Å². The average molecular weight is 258 g/mol. The second-order valence-electron chi connectivity index (χ2n) is 4.76. The summed E-state index contributed by atoms with van der Waals surface area (Å²) in [6, 6.07) is 9.08. The van der Waals surface area contributed by atoms with Crippen LogP contribution in [0.1, 0.15) is 47.9 Å². The van der Waals surface area contributed by atoms with Crippen LogP contribution in [0.15, 0.2) is 35.8 Å². The minimum atomic E-state index is 0.256. The number of benzene rings is 1. The molecule has 0 radical (unpaired) electrons. The first-order chi connectivity index (χ1) is 8.90. The summed E-state index contributed by atoms with van der Waals surface area (Å²) in [5, 5.41) is 6.80. The lowest BCUT2D eigenvalue weighted by molar-refractivity contribution is 0.621. The molecule has 0 bridgehead atoms. The van der Waals surface area contributed by atoms with Gasteiger partial charge in [-0.25, -0.2) is 4.98 Å². The first-order valence-electron chi connectivity index (χ1n) is 6.61. The van der Waals surface area contributed by atoms with Crippen molar-refractivity contribution in [2.45, 2.75) is 31.7 Å². The van der Waals surface area contributed by atoms with Crippen molar-refractivity contribution in [2.24, 2.45) is 0 Å². The van der Waals surface area contributed by atoms with Crippen LogP contribution < -0.4 is 5.32 Å². The summed E-state index contributed by atoms with van der Waals surface area (Å²) in [5.41, 5.74) is 2.93. The highest BCUT2D eigenvalue weighted by molar-refractivity contribution is 7.09. The van der Waals surface area contributed by atoms with Gasteiger partial charge >= 0.3 is 0 Å². The lowest BCUT2D eigenvalue weighted by Crippen LogP contribution is -2.22. The van der Waals surface area contributed by atoms with Gasteiger partial charge in [0, 0.05) is 11.6 Å². The molecule has 1 unspecified atom stereocenters. The van der Waals surface area contributed by atoms with Crippen molar-refractivity contribution in [3.8, 4) is 0 Å². The Bertz CT molecular complexity index is 503. The summed E-state index contributed by atoms with van der Waals surface area (Å²) in [5.74, 6) is 0.780. The summed E-state index contributed by atoms with van der Waals surface area (Å²) >= 11 is 1.73. The Morgan fingerprint density at radius 2 is 2.22 bits per heavy atom. The quantitative estimate of drug-likeness (QED) is 0.884. The first kappa shape index (κ1) is 11.9. The fourth-order valence-electron chi connectivity index (χ4n) is 2.45. The Morgan fingerprint density at radius 3 is 2.89 bits per heavy atom. The van der Waals surface area contributed by atoms with Crippen LogP contribution in [0, 0.1) is 0 Å². The predicted molar refractivity (Wildman–Crippen MR) is 76.1 cm³/mol. The van der Waals surface area contributed by atoms with Gasteiger partial charge in [0.05, 0.1) is 6.04 Å². The van der Waals surface area contributed by atoms with E-state index in [-0.39, 0.29) is 6.04 Å². The Hall–Kier alpha value is -1.19. The van der Waals surface area contributed by atoms with E-state index in [0.717, 1.165) is 12.5 Å². The first-order valence-corrected chi connectivity index (χ1v) is 7.49. The molecule has 1 saturated carbocycles. The number of thiazole rings is 1. The summed E-state index contributed by atoms with van der Waals surface area (Å²) in [6.45, 7) is 3.11.